The molecule has 30 heavy (non-hydrogen) atoms. The molecule has 0 bridgehead atoms. The molecule has 0 atom stereocenters. The minimum absolute atomic E-state index is 0.0781. The van der Waals surface area contributed by atoms with Gasteiger partial charge in [0.2, 0.25) is 5.89 Å². The van der Waals surface area contributed by atoms with Gasteiger partial charge in [-0.2, -0.15) is 0 Å². The van der Waals surface area contributed by atoms with Gasteiger partial charge < -0.3 is 18.6 Å². The SMILES string of the molecule is COC(=O)CN(Cc1cc(OC)cc(OC)c1)Cc1ncc(-c2ccc(Cl)cc2)o1. The second kappa shape index (κ2) is 10.1. The van der Waals surface area contributed by atoms with Gasteiger partial charge in [0.25, 0.3) is 0 Å². The normalized spacial score (nSPS) is 10.8. The second-order valence-corrected chi connectivity index (χ2v) is 7.00. The van der Waals surface area contributed by atoms with Crippen molar-refractivity contribution in [2.45, 2.75) is 13.1 Å². The molecule has 0 saturated carbocycles. The molecule has 0 amide bonds. The highest BCUT2D eigenvalue weighted by Gasteiger charge is 2.17. The van der Waals surface area contributed by atoms with Gasteiger partial charge in [0.15, 0.2) is 5.76 Å². The van der Waals surface area contributed by atoms with E-state index < -0.39 is 0 Å². The number of aromatic nitrogens is 1. The van der Waals surface area contributed by atoms with Crippen LogP contribution in [0.3, 0.4) is 0 Å². The monoisotopic (exact) mass is 430 g/mol. The van der Waals surface area contributed by atoms with Gasteiger partial charge in [0.05, 0.1) is 40.6 Å². The van der Waals surface area contributed by atoms with Crippen LogP contribution in [0.1, 0.15) is 11.5 Å². The van der Waals surface area contributed by atoms with Crippen LogP contribution in [0.5, 0.6) is 11.5 Å². The Balaban J connectivity index is 1.79. The molecule has 0 fully saturated rings. The molecule has 3 aromatic rings. The highest BCUT2D eigenvalue weighted by molar-refractivity contribution is 6.30. The molecule has 0 unspecified atom stereocenters. The third kappa shape index (κ3) is 5.75. The Morgan fingerprint density at radius 1 is 1.03 bits per heavy atom. The van der Waals surface area contributed by atoms with E-state index in [9.17, 15) is 4.79 Å². The molecule has 1 heterocycles. The topological polar surface area (TPSA) is 74.0 Å². The van der Waals surface area contributed by atoms with Crippen LogP contribution in [0.2, 0.25) is 5.02 Å². The third-order valence-electron chi connectivity index (χ3n) is 4.44. The third-order valence-corrected chi connectivity index (χ3v) is 4.69. The van der Waals surface area contributed by atoms with Crippen molar-refractivity contribution >= 4 is 17.6 Å². The van der Waals surface area contributed by atoms with Crippen LogP contribution < -0.4 is 9.47 Å². The lowest BCUT2D eigenvalue weighted by Crippen LogP contribution is -2.30. The highest BCUT2D eigenvalue weighted by Crippen LogP contribution is 2.25. The zero-order valence-corrected chi connectivity index (χ0v) is 17.8. The fourth-order valence-corrected chi connectivity index (χ4v) is 3.08. The summed E-state index contributed by atoms with van der Waals surface area (Å²) in [6.45, 7) is 0.845. The molecule has 0 aliphatic heterocycles. The molecule has 3 rings (SSSR count). The van der Waals surface area contributed by atoms with Crippen molar-refractivity contribution < 1.29 is 23.4 Å². The molecule has 7 nitrogen and oxygen atoms in total. The van der Waals surface area contributed by atoms with E-state index in [1.165, 1.54) is 7.11 Å². The van der Waals surface area contributed by atoms with E-state index in [1.807, 2.05) is 29.2 Å². The number of nitrogens with zero attached hydrogens (tertiary/aromatic N) is 2. The number of oxazole rings is 1. The summed E-state index contributed by atoms with van der Waals surface area (Å²) < 4.78 is 21.4. The predicted octanol–water partition coefficient (Wildman–Crippen LogP) is 4.19. The fraction of sp³-hybridized carbons (Fsp3) is 0.273. The molecular weight excluding hydrogens is 408 g/mol. The Kier molecular flexibility index (Phi) is 7.32. The summed E-state index contributed by atoms with van der Waals surface area (Å²) in [6, 6.07) is 12.9. The number of benzene rings is 2. The average Bonchev–Trinajstić information content (AvgIpc) is 3.22. The summed E-state index contributed by atoms with van der Waals surface area (Å²) in [6.07, 6.45) is 1.66. The first-order chi connectivity index (χ1) is 14.5. The summed E-state index contributed by atoms with van der Waals surface area (Å²) in [4.78, 5) is 18.2. The fourth-order valence-electron chi connectivity index (χ4n) is 2.95. The Hall–Kier alpha value is -3.03. The molecule has 0 spiro atoms. The van der Waals surface area contributed by atoms with Crippen molar-refractivity contribution in [2.24, 2.45) is 0 Å². The molecule has 2 aromatic carbocycles. The van der Waals surface area contributed by atoms with Gasteiger partial charge >= 0.3 is 5.97 Å². The summed E-state index contributed by atoms with van der Waals surface area (Å²) in [5.74, 6) is 2.10. The van der Waals surface area contributed by atoms with Crippen LogP contribution in [0.25, 0.3) is 11.3 Å². The highest BCUT2D eigenvalue weighted by atomic mass is 35.5. The maximum atomic E-state index is 11.9. The summed E-state index contributed by atoms with van der Waals surface area (Å²) >= 11 is 5.94. The Morgan fingerprint density at radius 2 is 1.70 bits per heavy atom. The number of methoxy groups -OCH3 is 3. The number of carbonyl (C=O) groups excluding carboxylic acids is 1. The number of hydrogen-bond donors (Lipinski definition) is 0. The van der Waals surface area contributed by atoms with Gasteiger partial charge in [-0.05, 0) is 42.0 Å². The van der Waals surface area contributed by atoms with Gasteiger partial charge in [0.1, 0.15) is 11.5 Å². The zero-order chi connectivity index (χ0) is 21.5. The van der Waals surface area contributed by atoms with Gasteiger partial charge in [-0.15, -0.1) is 0 Å². The Labute approximate surface area is 180 Å². The number of rotatable bonds is 9. The van der Waals surface area contributed by atoms with Crippen molar-refractivity contribution in [1.29, 1.82) is 0 Å². The van der Waals surface area contributed by atoms with Crippen LogP contribution in [0, 0.1) is 0 Å². The van der Waals surface area contributed by atoms with Crippen molar-refractivity contribution in [3.05, 3.63) is 65.1 Å². The number of carbonyl (C=O) groups is 1. The maximum absolute atomic E-state index is 11.9. The molecule has 0 radical (unpaired) electrons. The molecule has 1 aromatic heterocycles. The second-order valence-electron chi connectivity index (χ2n) is 6.57. The van der Waals surface area contributed by atoms with E-state index in [0.29, 0.717) is 41.3 Å². The lowest BCUT2D eigenvalue weighted by atomic mass is 10.2. The van der Waals surface area contributed by atoms with Crippen molar-refractivity contribution in [3.8, 4) is 22.8 Å². The van der Waals surface area contributed by atoms with E-state index in [0.717, 1.165) is 11.1 Å². The zero-order valence-electron chi connectivity index (χ0n) is 17.1. The number of halogens is 1. The maximum Gasteiger partial charge on any atom is 0.319 e. The number of hydrogen-bond acceptors (Lipinski definition) is 7. The number of ether oxygens (including phenoxy) is 3. The van der Waals surface area contributed by atoms with Gasteiger partial charge in [-0.1, -0.05) is 11.6 Å². The lowest BCUT2D eigenvalue weighted by molar-refractivity contribution is -0.142. The quantitative estimate of drug-likeness (QED) is 0.471. The standard InChI is InChI=1S/C22H23ClN2O5/c1-27-18-8-15(9-19(10-18)28-2)12-25(14-22(26)29-3)13-21-24-11-20(30-21)16-4-6-17(23)7-5-16/h4-11H,12-14H2,1-3H3. The number of esters is 1. The lowest BCUT2D eigenvalue weighted by Gasteiger charge is -2.20. The first kappa shape index (κ1) is 21.7. The van der Waals surface area contributed by atoms with Gasteiger partial charge in [-0.25, -0.2) is 4.98 Å². The summed E-state index contributed by atoms with van der Waals surface area (Å²) in [7, 11) is 4.55. The van der Waals surface area contributed by atoms with Crippen LogP contribution in [-0.4, -0.2) is 43.7 Å². The molecule has 0 N–H and O–H groups in total. The minimum Gasteiger partial charge on any atom is -0.497 e. The smallest absolute Gasteiger partial charge is 0.319 e. The average molecular weight is 431 g/mol. The van der Waals surface area contributed by atoms with E-state index in [1.54, 1.807) is 38.6 Å². The largest absolute Gasteiger partial charge is 0.497 e. The van der Waals surface area contributed by atoms with Crippen LogP contribution in [0.4, 0.5) is 0 Å². The Bertz CT molecular complexity index is 965. The van der Waals surface area contributed by atoms with Crippen LogP contribution in [-0.2, 0) is 22.6 Å². The van der Waals surface area contributed by atoms with Gasteiger partial charge in [-0.3, -0.25) is 9.69 Å². The van der Waals surface area contributed by atoms with Gasteiger partial charge in [0, 0.05) is 23.2 Å². The van der Waals surface area contributed by atoms with Crippen LogP contribution in [0.15, 0.2) is 53.1 Å². The molecule has 0 aliphatic carbocycles. The minimum atomic E-state index is -0.352. The first-order valence-electron chi connectivity index (χ1n) is 9.22. The van der Waals surface area contributed by atoms with E-state index in [-0.39, 0.29) is 12.5 Å². The molecule has 158 valence electrons. The molecule has 0 saturated heterocycles. The van der Waals surface area contributed by atoms with E-state index in [4.69, 9.17) is 30.2 Å². The molecule has 8 heteroatoms. The van der Waals surface area contributed by atoms with E-state index >= 15 is 0 Å². The van der Waals surface area contributed by atoms with E-state index in [2.05, 4.69) is 4.98 Å². The first-order valence-corrected chi connectivity index (χ1v) is 9.60. The molecule has 0 aliphatic rings. The Morgan fingerprint density at radius 3 is 2.30 bits per heavy atom. The predicted molar refractivity (Wildman–Crippen MR) is 113 cm³/mol. The molecular formula is C22H23ClN2O5. The van der Waals surface area contributed by atoms with Crippen molar-refractivity contribution in [3.63, 3.8) is 0 Å². The van der Waals surface area contributed by atoms with Crippen molar-refractivity contribution in [1.82, 2.24) is 9.88 Å². The van der Waals surface area contributed by atoms with Crippen LogP contribution >= 0.6 is 11.6 Å². The van der Waals surface area contributed by atoms with Crippen molar-refractivity contribution in [2.75, 3.05) is 27.9 Å². The summed E-state index contributed by atoms with van der Waals surface area (Å²) in [5, 5.41) is 0.649. The summed E-state index contributed by atoms with van der Waals surface area (Å²) in [5.41, 5.74) is 1.79.